The predicted molar refractivity (Wildman–Crippen MR) is 112 cm³/mol. The molecule has 7 nitrogen and oxygen atoms in total. The van der Waals surface area contributed by atoms with E-state index in [4.69, 9.17) is 0 Å². The van der Waals surface area contributed by atoms with Gasteiger partial charge in [-0.3, -0.25) is 14.5 Å². The molecule has 0 atom stereocenters. The second-order valence-electron chi connectivity index (χ2n) is 6.16. The lowest BCUT2D eigenvalue weighted by Gasteiger charge is -2.04. The van der Waals surface area contributed by atoms with Crippen molar-refractivity contribution in [2.75, 3.05) is 4.72 Å². The first-order chi connectivity index (χ1) is 14.0. The van der Waals surface area contributed by atoms with Crippen LogP contribution in [-0.4, -0.2) is 24.3 Å². The summed E-state index contributed by atoms with van der Waals surface area (Å²) in [6.07, 6.45) is 3.37. The average molecular weight is 425 g/mol. The highest BCUT2D eigenvalue weighted by Gasteiger charge is 2.17. The van der Waals surface area contributed by atoms with Crippen LogP contribution in [0.5, 0.6) is 0 Å². The number of fused-ring (bicyclic) bond motifs is 1. The molecule has 0 saturated carbocycles. The molecule has 9 heteroatoms. The van der Waals surface area contributed by atoms with Crippen molar-refractivity contribution in [3.8, 4) is 0 Å². The Kier molecular flexibility index (Phi) is 5.24. The van der Waals surface area contributed by atoms with E-state index in [2.05, 4.69) is 20.0 Å². The molecule has 0 aliphatic carbocycles. The molecule has 0 saturated heterocycles. The minimum atomic E-state index is -3.71. The van der Waals surface area contributed by atoms with Crippen molar-refractivity contribution in [1.82, 2.24) is 15.3 Å². The molecular weight excluding hydrogens is 408 g/mol. The molecule has 0 aliphatic heterocycles. The molecule has 4 aromatic rings. The highest BCUT2D eigenvalue weighted by molar-refractivity contribution is 7.93. The maximum absolute atomic E-state index is 12.5. The third kappa shape index (κ3) is 4.41. The summed E-state index contributed by atoms with van der Waals surface area (Å²) in [4.78, 5) is 20.9. The van der Waals surface area contributed by atoms with Gasteiger partial charge in [0.2, 0.25) is 0 Å². The number of hydrogen-bond acceptors (Lipinski definition) is 6. The number of nitrogens with zero attached hydrogens (tertiary/aromatic N) is 2. The summed E-state index contributed by atoms with van der Waals surface area (Å²) in [5, 5.41) is 3.09. The lowest BCUT2D eigenvalue weighted by Crippen LogP contribution is -2.22. The third-order valence-corrected chi connectivity index (χ3v) is 6.52. The van der Waals surface area contributed by atoms with Gasteiger partial charge in [0.05, 0.1) is 15.1 Å². The van der Waals surface area contributed by atoms with Crippen LogP contribution in [0.4, 0.5) is 5.13 Å². The summed E-state index contributed by atoms with van der Waals surface area (Å²) < 4.78 is 28.1. The maximum Gasteiger partial charge on any atom is 0.263 e. The van der Waals surface area contributed by atoms with Crippen LogP contribution in [-0.2, 0) is 16.6 Å². The Morgan fingerprint density at radius 1 is 1.03 bits per heavy atom. The smallest absolute Gasteiger partial charge is 0.263 e. The number of sulfonamides is 1. The van der Waals surface area contributed by atoms with Gasteiger partial charge in [-0.1, -0.05) is 35.6 Å². The van der Waals surface area contributed by atoms with Gasteiger partial charge in [-0.05, 0) is 42.0 Å². The fourth-order valence-electron chi connectivity index (χ4n) is 2.67. The molecule has 2 heterocycles. The fraction of sp³-hybridized carbons (Fsp3) is 0.0500. The molecule has 4 rings (SSSR count). The van der Waals surface area contributed by atoms with Gasteiger partial charge in [-0.15, -0.1) is 0 Å². The number of nitrogens with one attached hydrogen (secondary N) is 2. The third-order valence-electron chi connectivity index (χ3n) is 4.10. The van der Waals surface area contributed by atoms with E-state index < -0.39 is 10.0 Å². The zero-order valence-electron chi connectivity index (χ0n) is 15.1. The molecule has 2 aromatic heterocycles. The highest BCUT2D eigenvalue weighted by atomic mass is 32.2. The normalized spacial score (nSPS) is 11.3. The lowest BCUT2D eigenvalue weighted by atomic mass is 10.2. The first-order valence-corrected chi connectivity index (χ1v) is 11.0. The molecule has 1 amide bonds. The molecule has 0 radical (unpaired) electrons. The minimum absolute atomic E-state index is 0.162. The number of rotatable bonds is 6. The van der Waals surface area contributed by atoms with Crippen molar-refractivity contribution in [2.24, 2.45) is 0 Å². The highest BCUT2D eigenvalue weighted by Crippen LogP contribution is 2.28. The largest absolute Gasteiger partial charge is 0.348 e. The quantitative estimate of drug-likeness (QED) is 0.494. The standard InChI is InChI=1S/C20H16N4O3S2/c25-19(22-13-14-5-4-10-21-12-14)15-8-9-17-18(11-15)28-20(23-17)24-29(26,27)16-6-2-1-3-7-16/h1-12H,13H2,(H,22,25)(H,23,24). The van der Waals surface area contributed by atoms with Gasteiger partial charge in [0.1, 0.15) is 0 Å². The second-order valence-corrected chi connectivity index (χ2v) is 8.88. The Bertz CT molecular complexity index is 1260. The average Bonchev–Trinajstić information content (AvgIpc) is 3.14. The number of pyridine rings is 1. The van der Waals surface area contributed by atoms with Crippen molar-refractivity contribution in [1.29, 1.82) is 0 Å². The van der Waals surface area contributed by atoms with Crippen LogP contribution in [0.1, 0.15) is 15.9 Å². The zero-order chi connectivity index (χ0) is 20.3. The van der Waals surface area contributed by atoms with Gasteiger partial charge in [0, 0.05) is 24.5 Å². The molecule has 2 aromatic carbocycles. The topological polar surface area (TPSA) is 101 Å². The molecule has 146 valence electrons. The van der Waals surface area contributed by atoms with Crippen molar-refractivity contribution in [3.63, 3.8) is 0 Å². The molecule has 0 unspecified atom stereocenters. The summed E-state index contributed by atoms with van der Waals surface area (Å²) in [6, 6.07) is 16.8. The molecule has 0 spiro atoms. The zero-order valence-corrected chi connectivity index (χ0v) is 16.7. The van der Waals surface area contributed by atoms with Crippen LogP contribution in [0.3, 0.4) is 0 Å². The number of anilines is 1. The van der Waals surface area contributed by atoms with E-state index in [1.54, 1.807) is 48.8 Å². The van der Waals surface area contributed by atoms with Gasteiger partial charge < -0.3 is 5.32 Å². The van der Waals surface area contributed by atoms with Gasteiger partial charge in [0.25, 0.3) is 15.9 Å². The molecule has 0 bridgehead atoms. The van der Waals surface area contributed by atoms with Crippen LogP contribution in [0.15, 0.2) is 78.0 Å². The van der Waals surface area contributed by atoms with E-state index in [9.17, 15) is 13.2 Å². The van der Waals surface area contributed by atoms with E-state index in [-0.39, 0.29) is 15.9 Å². The van der Waals surface area contributed by atoms with Crippen LogP contribution < -0.4 is 10.0 Å². The summed E-state index contributed by atoms with van der Waals surface area (Å²) in [5.41, 5.74) is 1.99. The summed E-state index contributed by atoms with van der Waals surface area (Å²) in [7, 11) is -3.71. The molecule has 0 fully saturated rings. The monoisotopic (exact) mass is 424 g/mol. The fourth-order valence-corrected chi connectivity index (χ4v) is 4.83. The lowest BCUT2D eigenvalue weighted by molar-refractivity contribution is 0.0951. The summed E-state index contributed by atoms with van der Waals surface area (Å²) in [6.45, 7) is 0.371. The number of carbonyl (C=O) groups is 1. The van der Waals surface area contributed by atoms with E-state index in [1.807, 2.05) is 12.1 Å². The predicted octanol–water partition coefficient (Wildman–Crippen LogP) is 3.42. The van der Waals surface area contributed by atoms with Crippen molar-refractivity contribution in [3.05, 3.63) is 84.2 Å². The van der Waals surface area contributed by atoms with Crippen LogP contribution in [0.25, 0.3) is 10.2 Å². The summed E-state index contributed by atoms with van der Waals surface area (Å²) in [5.74, 6) is -0.226. The van der Waals surface area contributed by atoms with Crippen molar-refractivity contribution >= 4 is 42.6 Å². The Balaban J connectivity index is 1.51. The molecular formula is C20H16N4O3S2. The first-order valence-electron chi connectivity index (χ1n) is 8.67. The maximum atomic E-state index is 12.5. The van der Waals surface area contributed by atoms with Gasteiger partial charge >= 0.3 is 0 Å². The van der Waals surface area contributed by atoms with Gasteiger partial charge in [-0.25, -0.2) is 13.4 Å². The number of hydrogen-bond donors (Lipinski definition) is 2. The van der Waals surface area contributed by atoms with Gasteiger partial charge in [0.15, 0.2) is 5.13 Å². The molecule has 0 aliphatic rings. The number of carbonyl (C=O) groups excluding carboxylic acids is 1. The van der Waals surface area contributed by atoms with Gasteiger partial charge in [-0.2, -0.15) is 0 Å². The van der Waals surface area contributed by atoms with E-state index >= 15 is 0 Å². The Morgan fingerprint density at radius 3 is 2.62 bits per heavy atom. The van der Waals surface area contributed by atoms with Crippen molar-refractivity contribution in [2.45, 2.75) is 11.4 Å². The number of aromatic nitrogens is 2. The number of benzene rings is 2. The molecule has 29 heavy (non-hydrogen) atoms. The molecule has 2 N–H and O–H groups in total. The van der Waals surface area contributed by atoms with Crippen molar-refractivity contribution < 1.29 is 13.2 Å². The second kappa shape index (κ2) is 7.98. The Hall–Kier alpha value is -3.30. The Labute approximate surface area is 171 Å². The SMILES string of the molecule is O=C(NCc1cccnc1)c1ccc2nc(NS(=O)(=O)c3ccccc3)sc2c1. The number of thiazole rings is 1. The Morgan fingerprint density at radius 2 is 1.86 bits per heavy atom. The van der Waals surface area contributed by atoms with E-state index in [1.165, 1.54) is 23.5 Å². The van der Waals surface area contributed by atoms with Crippen LogP contribution in [0.2, 0.25) is 0 Å². The summed E-state index contributed by atoms with van der Waals surface area (Å²) >= 11 is 1.17. The first kappa shape index (κ1) is 19.0. The van der Waals surface area contributed by atoms with E-state index in [0.29, 0.717) is 22.3 Å². The number of amides is 1. The van der Waals surface area contributed by atoms with Crippen LogP contribution in [0, 0.1) is 0 Å². The van der Waals surface area contributed by atoms with Crippen LogP contribution >= 0.6 is 11.3 Å². The minimum Gasteiger partial charge on any atom is -0.348 e. The van der Waals surface area contributed by atoms with E-state index in [0.717, 1.165) is 5.56 Å².